The van der Waals surface area contributed by atoms with Gasteiger partial charge < -0.3 is 5.32 Å². The van der Waals surface area contributed by atoms with E-state index in [-0.39, 0.29) is 10.9 Å². The molecule has 1 atom stereocenters. The Balaban J connectivity index is 1.85. The zero-order valence-electron chi connectivity index (χ0n) is 13.2. The monoisotopic (exact) mass is 371 g/mol. The van der Waals surface area contributed by atoms with Crippen molar-refractivity contribution in [3.8, 4) is 0 Å². The molecule has 2 nitrogen and oxygen atoms in total. The highest BCUT2D eigenvalue weighted by molar-refractivity contribution is 8.00. The van der Waals surface area contributed by atoms with Crippen molar-refractivity contribution >= 4 is 35.0 Å². The molecular weight excluding hydrogens is 357 g/mol. The predicted molar refractivity (Wildman–Crippen MR) is 102 cm³/mol. The Bertz CT molecular complexity index is 858. The molecule has 0 aliphatic carbocycles. The maximum atomic E-state index is 13.3. The fourth-order valence-electron chi connectivity index (χ4n) is 2.32. The zero-order chi connectivity index (χ0) is 17.6. The van der Waals surface area contributed by atoms with Crippen LogP contribution in [0.5, 0.6) is 0 Å². The molecule has 1 unspecified atom stereocenters. The van der Waals surface area contributed by atoms with Gasteiger partial charge >= 0.3 is 0 Å². The number of hydrogen-bond acceptors (Lipinski definition) is 2. The molecule has 3 aromatic carbocycles. The second kappa shape index (κ2) is 8.19. The van der Waals surface area contributed by atoms with E-state index in [1.807, 2.05) is 60.7 Å². The van der Waals surface area contributed by atoms with Gasteiger partial charge in [-0.1, -0.05) is 60.1 Å². The summed E-state index contributed by atoms with van der Waals surface area (Å²) in [5.41, 5.74) is 1.35. The smallest absolute Gasteiger partial charge is 0.242 e. The number of anilines is 1. The van der Waals surface area contributed by atoms with Crippen molar-refractivity contribution in [3.05, 3.63) is 95.3 Å². The number of thioether (sulfide) groups is 1. The summed E-state index contributed by atoms with van der Waals surface area (Å²) in [5.74, 6) is -0.708. The summed E-state index contributed by atoms with van der Waals surface area (Å²) in [6.45, 7) is 0. The summed E-state index contributed by atoms with van der Waals surface area (Å²) in [6, 6.07) is 23.4. The molecule has 0 aliphatic heterocycles. The largest absolute Gasteiger partial charge is 0.325 e. The lowest BCUT2D eigenvalue weighted by Gasteiger charge is -2.17. The van der Waals surface area contributed by atoms with E-state index in [2.05, 4.69) is 5.32 Å². The van der Waals surface area contributed by atoms with Crippen LogP contribution in [0.25, 0.3) is 0 Å². The lowest BCUT2D eigenvalue weighted by atomic mass is 10.1. The lowest BCUT2D eigenvalue weighted by molar-refractivity contribution is -0.115. The molecule has 25 heavy (non-hydrogen) atoms. The van der Waals surface area contributed by atoms with E-state index >= 15 is 0 Å². The quantitative estimate of drug-likeness (QED) is 0.561. The maximum absolute atomic E-state index is 13.3. The van der Waals surface area contributed by atoms with Crippen molar-refractivity contribution < 1.29 is 9.18 Å². The number of carbonyl (C=O) groups is 1. The van der Waals surface area contributed by atoms with Crippen LogP contribution in [-0.2, 0) is 4.79 Å². The average Bonchev–Trinajstić information content (AvgIpc) is 2.64. The third kappa shape index (κ3) is 4.62. The van der Waals surface area contributed by atoms with Gasteiger partial charge in [0.05, 0.1) is 5.02 Å². The molecule has 0 saturated carbocycles. The van der Waals surface area contributed by atoms with Crippen molar-refractivity contribution in [2.75, 3.05) is 5.32 Å². The molecule has 0 radical (unpaired) electrons. The highest BCUT2D eigenvalue weighted by Gasteiger charge is 2.22. The molecule has 1 N–H and O–H groups in total. The SMILES string of the molecule is O=C(Nc1ccc(F)c(Cl)c1)C(Sc1ccccc1)c1ccccc1. The fourth-order valence-corrected chi connectivity index (χ4v) is 3.54. The van der Waals surface area contributed by atoms with Crippen LogP contribution >= 0.6 is 23.4 Å². The molecule has 1 amide bonds. The van der Waals surface area contributed by atoms with Gasteiger partial charge in [0, 0.05) is 10.6 Å². The maximum Gasteiger partial charge on any atom is 0.242 e. The minimum atomic E-state index is -0.516. The Kier molecular flexibility index (Phi) is 5.74. The highest BCUT2D eigenvalue weighted by atomic mass is 35.5. The van der Waals surface area contributed by atoms with Gasteiger partial charge in [0.1, 0.15) is 11.1 Å². The van der Waals surface area contributed by atoms with Crippen LogP contribution in [0.4, 0.5) is 10.1 Å². The summed E-state index contributed by atoms with van der Waals surface area (Å²) in [5, 5.41) is 2.36. The first-order chi connectivity index (χ1) is 12.1. The third-order valence-electron chi connectivity index (χ3n) is 3.52. The van der Waals surface area contributed by atoms with Crippen LogP contribution in [0, 0.1) is 5.82 Å². The molecule has 0 saturated heterocycles. The van der Waals surface area contributed by atoms with Gasteiger partial charge in [-0.05, 0) is 35.9 Å². The van der Waals surface area contributed by atoms with Crippen molar-refractivity contribution in [2.45, 2.75) is 10.1 Å². The Morgan fingerprint density at radius 1 is 0.960 bits per heavy atom. The minimum Gasteiger partial charge on any atom is -0.325 e. The molecule has 126 valence electrons. The van der Waals surface area contributed by atoms with Gasteiger partial charge in [-0.2, -0.15) is 0 Å². The fraction of sp³-hybridized carbons (Fsp3) is 0.0500. The van der Waals surface area contributed by atoms with Crippen molar-refractivity contribution in [3.63, 3.8) is 0 Å². The number of halogens is 2. The average molecular weight is 372 g/mol. The highest BCUT2D eigenvalue weighted by Crippen LogP contribution is 2.36. The standard InChI is InChI=1S/C20H15ClFNOS/c21-17-13-15(11-12-18(17)22)23-20(24)19(14-7-3-1-4-8-14)25-16-9-5-2-6-10-16/h1-13,19H,(H,23,24). The van der Waals surface area contributed by atoms with E-state index in [0.717, 1.165) is 10.5 Å². The first-order valence-electron chi connectivity index (χ1n) is 7.66. The summed E-state index contributed by atoms with van der Waals surface area (Å²) >= 11 is 7.25. The Morgan fingerprint density at radius 3 is 2.24 bits per heavy atom. The zero-order valence-corrected chi connectivity index (χ0v) is 14.7. The van der Waals surface area contributed by atoms with Gasteiger partial charge in [-0.3, -0.25) is 4.79 Å². The summed E-state index contributed by atoms with van der Waals surface area (Å²) in [6.07, 6.45) is 0. The summed E-state index contributed by atoms with van der Waals surface area (Å²) < 4.78 is 13.3. The normalized spacial score (nSPS) is 11.8. The van der Waals surface area contributed by atoms with Gasteiger partial charge in [0.2, 0.25) is 5.91 Å². The molecule has 0 fully saturated rings. The van der Waals surface area contributed by atoms with Crippen molar-refractivity contribution in [1.82, 2.24) is 0 Å². The molecule has 0 heterocycles. The molecule has 3 rings (SSSR count). The van der Waals surface area contributed by atoms with E-state index < -0.39 is 11.1 Å². The molecule has 0 spiro atoms. The second-order valence-electron chi connectivity index (χ2n) is 5.34. The molecule has 3 aromatic rings. The minimum absolute atomic E-state index is 0.0234. The van der Waals surface area contributed by atoms with E-state index in [1.165, 1.54) is 30.0 Å². The number of amides is 1. The summed E-state index contributed by atoms with van der Waals surface area (Å²) in [7, 11) is 0. The molecule has 0 aromatic heterocycles. The molecule has 0 aliphatic rings. The number of rotatable bonds is 5. The number of nitrogens with one attached hydrogen (secondary N) is 1. The second-order valence-corrected chi connectivity index (χ2v) is 6.93. The third-order valence-corrected chi connectivity index (χ3v) is 5.08. The Morgan fingerprint density at radius 2 is 1.60 bits per heavy atom. The van der Waals surface area contributed by atoms with Gasteiger partial charge in [-0.25, -0.2) is 4.39 Å². The summed E-state index contributed by atoms with van der Waals surface area (Å²) in [4.78, 5) is 13.8. The van der Waals surface area contributed by atoms with E-state index in [4.69, 9.17) is 11.6 Å². The number of benzene rings is 3. The van der Waals surface area contributed by atoms with E-state index in [1.54, 1.807) is 0 Å². The van der Waals surface area contributed by atoms with Crippen LogP contribution < -0.4 is 5.32 Å². The Hall–Kier alpha value is -2.30. The van der Waals surface area contributed by atoms with E-state index in [9.17, 15) is 9.18 Å². The van der Waals surface area contributed by atoms with Crippen molar-refractivity contribution in [1.29, 1.82) is 0 Å². The van der Waals surface area contributed by atoms with Gasteiger partial charge in [0.15, 0.2) is 0 Å². The van der Waals surface area contributed by atoms with Gasteiger partial charge in [0.25, 0.3) is 0 Å². The molecule has 5 heteroatoms. The molecular formula is C20H15ClFNOS. The van der Waals surface area contributed by atoms with Crippen LogP contribution in [-0.4, -0.2) is 5.91 Å². The van der Waals surface area contributed by atoms with Crippen LogP contribution in [0.15, 0.2) is 83.8 Å². The lowest BCUT2D eigenvalue weighted by Crippen LogP contribution is -2.19. The first kappa shape index (κ1) is 17.5. The van der Waals surface area contributed by atoms with E-state index in [0.29, 0.717) is 5.69 Å². The van der Waals surface area contributed by atoms with Crippen LogP contribution in [0.3, 0.4) is 0 Å². The van der Waals surface area contributed by atoms with Crippen molar-refractivity contribution in [2.24, 2.45) is 0 Å². The Labute approximate surface area is 155 Å². The number of carbonyl (C=O) groups excluding carboxylic acids is 1. The topological polar surface area (TPSA) is 29.1 Å². The van der Waals surface area contributed by atoms with Crippen LogP contribution in [0.2, 0.25) is 5.02 Å². The van der Waals surface area contributed by atoms with Crippen LogP contribution in [0.1, 0.15) is 10.8 Å². The first-order valence-corrected chi connectivity index (χ1v) is 8.92. The predicted octanol–water partition coefficient (Wildman–Crippen LogP) is 5.95. The molecule has 0 bridgehead atoms. The number of hydrogen-bond donors (Lipinski definition) is 1. The van der Waals surface area contributed by atoms with Gasteiger partial charge in [-0.15, -0.1) is 11.8 Å².